The summed E-state index contributed by atoms with van der Waals surface area (Å²) < 4.78 is 0. The first kappa shape index (κ1) is 28.1. The van der Waals surface area contributed by atoms with Crippen LogP contribution in [-0.2, 0) is 4.79 Å². The van der Waals surface area contributed by atoms with Crippen molar-refractivity contribution in [2.45, 2.75) is 64.7 Å². The Hall–Kier alpha value is -2.95. The number of amides is 1. The van der Waals surface area contributed by atoms with Crippen molar-refractivity contribution < 1.29 is 15.0 Å². The fourth-order valence-corrected chi connectivity index (χ4v) is 2.92. The summed E-state index contributed by atoms with van der Waals surface area (Å²) in [5.74, 6) is -0.153. The molecule has 3 unspecified atom stereocenters. The fourth-order valence-electron chi connectivity index (χ4n) is 2.92. The van der Waals surface area contributed by atoms with E-state index in [-0.39, 0.29) is 11.9 Å². The zero-order chi connectivity index (χ0) is 24.3. The SMILES string of the molecule is CCC/C=C/C=C/CC1C/C=C/C=C(C)/C=C/C=C/C(O)C(O)/C=C(C)/C=C/C=C/C(=O)N1. The normalized spacial score (nSPS) is 31.7. The number of aliphatic hydroxyl groups excluding tert-OH is 2. The summed E-state index contributed by atoms with van der Waals surface area (Å²) in [7, 11) is 0. The number of hydrogen-bond donors (Lipinski definition) is 3. The lowest BCUT2D eigenvalue weighted by molar-refractivity contribution is -0.117. The Kier molecular flexibility index (Phi) is 15.0. The number of rotatable bonds is 5. The van der Waals surface area contributed by atoms with Gasteiger partial charge >= 0.3 is 0 Å². The largest absolute Gasteiger partial charge is 0.386 e. The van der Waals surface area contributed by atoms with Crippen LogP contribution in [0, 0.1) is 0 Å². The van der Waals surface area contributed by atoms with Crippen molar-refractivity contribution >= 4 is 5.91 Å². The Morgan fingerprint density at radius 1 is 0.939 bits per heavy atom. The Morgan fingerprint density at radius 3 is 2.42 bits per heavy atom. The predicted molar refractivity (Wildman–Crippen MR) is 140 cm³/mol. The molecule has 0 spiro atoms. The summed E-state index contributed by atoms with van der Waals surface area (Å²) in [5, 5.41) is 23.2. The number of hydrogen-bond acceptors (Lipinski definition) is 3. The van der Waals surface area contributed by atoms with Crippen molar-refractivity contribution in [1.82, 2.24) is 5.32 Å². The Bertz CT molecular complexity index is 850. The number of carbonyl (C=O) groups excluding carboxylic acids is 1. The number of nitrogens with one attached hydrogen (secondary N) is 1. The van der Waals surface area contributed by atoms with Crippen LogP contribution in [0.4, 0.5) is 0 Å². The first-order valence-corrected chi connectivity index (χ1v) is 11.6. The topological polar surface area (TPSA) is 69.6 Å². The van der Waals surface area contributed by atoms with Gasteiger partial charge in [-0.2, -0.15) is 0 Å². The third kappa shape index (κ3) is 14.7. The lowest BCUT2D eigenvalue weighted by Crippen LogP contribution is -2.32. The molecule has 1 aliphatic rings. The molecule has 1 heterocycles. The van der Waals surface area contributed by atoms with Crippen molar-refractivity contribution in [2.75, 3.05) is 0 Å². The van der Waals surface area contributed by atoms with E-state index in [0.717, 1.165) is 36.8 Å². The maximum absolute atomic E-state index is 12.4. The number of carbonyl (C=O) groups is 1. The van der Waals surface area contributed by atoms with E-state index >= 15 is 0 Å². The van der Waals surface area contributed by atoms with Crippen LogP contribution in [0.1, 0.15) is 46.5 Å². The zero-order valence-corrected chi connectivity index (χ0v) is 20.1. The molecule has 0 fully saturated rings. The van der Waals surface area contributed by atoms with E-state index in [1.807, 2.05) is 44.2 Å². The first-order chi connectivity index (χ1) is 15.9. The molecule has 0 aliphatic carbocycles. The van der Waals surface area contributed by atoms with Crippen LogP contribution in [0.15, 0.2) is 108 Å². The van der Waals surface area contributed by atoms with Gasteiger partial charge in [0.05, 0.1) is 0 Å². The molecule has 3 N–H and O–H groups in total. The van der Waals surface area contributed by atoms with Crippen LogP contribution in [0.3, 0.4) is 0 Å². The van der Waals surface area contributed by atoms with Gasteiger partial charge in [0.1, 0.15) is 12.2 Å². The number of aliphatic hydroxyl groups is 2. The zero-order valence-electron chi connectivity index (χ0n) is 20.1. The van der Waals surface area contributed by atoms with E-state index in [2.05, 4.69) is 36.5 Å². The van der Waals surface area contributed by atoms with E-state index < -0.39 is 12.2 Å². The highest BCUT2D eigenvalue weighted by molar-refractivity contribution is 5.88. The van der Waals surface area contributed by atoms with Crippen LogP contribution >= 0.6 is 0 Å². The van der Waals surface area contributed by atoms with Gasteiger partial charge in [0, 0.05) is 12.1 Å². The van der Waals surface area contributed by atoms with Crippen molar-refractivity contribution in [3.63, 3.8) is 0 Å². The van der Waals surface area contributed by atoms with Gasteiger partial charge in [-0.05, 0) is 33.1 Å². The van der Waals surface area contributed by atoms with E-state index in [1.54, 1.807) is 36.5 Å². The first-order valence-electron chi connectivity index (χ1n) is 11.6. The van der Waals surface area contributed by atoms with Gasteiger partial charge in [-0.1, -0.05) is 116 Å². The van der Waals surface area contributed by atoms with Crippen LogP contribution in [0.25, 0.3) is 0 Å². The molecule has 178 valence electrons. The van der Waals surface area contributed by atoms with Crippen LogP contribution < -0.4 is 5.32 Å². The molecule has 1 rings (SSSR count). The molecular formula is C29H39NO3. The average Bonchev–Trinajstić information content (AvgIpc) is 2.78. The van der Waals surface area contributed by atoms with Crippen LogP contribution in [-0.4, -0.2) is 34.4 Å². The molecule has 0 aromatic carbocycles. The molecule has 1 aliphatic heterocycles. The minimum atomic E-state index is -1.01. The maximum Gasteiger partial charge on any atom is 0.244 e. The van der Waals surface area contributed by atoms with Crippen LogP contribution in [0.2, 0.25) is 0 Å². The van der Waals surface area contributed by atoms with Crippen molar-refractivity contribution in [2.24, 2.45) is 0 Å². The van der Waals surface area contributed by atoms with Gasteiger partial charge in [0.15, 0.2) is 0 Å². The molecule has 0 saturated carbocycles. The summed E-state index contributed by atoms with van der Waals surface area (Å²) in [6.07, 6.45) is 31.3. The van der Waals surface area contributed by atoms with E-state index in [0.29, 0.717) is 0 Å². The second-order valence-electron chi connectivity index (χ2n) is 8.01. The summed E-state index contributed by atoms with van der Waals surface area (Å²) >= 11 is 0. The predicted octanol–water partition coefficient (Wildman–Crippen LogP) is 5.57. The second kappa shape index (κ2) is 17.6. The van der Waals surface area contributed by atoms with Gasteiger partial charge in [0.25, 0.3) is 0 Å². The summed E-state index contributed by atoms with van der Waals surface area (Å²) in [5.41, 5.74) is 1.83. The van der Waals surface area contributed by atoms with E-state index in [9.17, 15) is 15.0 Å². The summed E-state index contributed by atoms with van der Waals surface area (Å²) in [6.45, 7) is 5.96. The van der Waals surface area contributed by atoms with Gasteiger partial charge in [0.2, 0.25) is 5.91 Å². The highest BCUT2D eigenvalue weighted by Crippen LogP contribution is 2.06. The molecule has 0 aromatic rings. The number of allylic oxidation sites excluding steroid dienone is 13. The van der Waals surface area contributed by atoms with E-state index in [1.165, 1.54) is 6.08 Å². The summed E-state index contributed by atoms with van der Waals surface area (Å²) in [6, 6.07) is -0.00533. The monoisotopic (exact) mass is 449 g/mol. The fraction of sp³-hybridized carbons (Fsp3) is 0.345. The molecule has 0 bridgehead atoms. The minimum absolute atomic E-state index is 0.00533. The standard InChI is InChI=1S/C29H39NO3/c1-4-5-6-7-8-9-19-26-20-13-10-16-24(2)17-11-14-21-27(31)28(32)23-25(3)18-12-15-22-29(33)30-26/h6-18,21-23,26-28,31-32H,4-5,19-20H2,1-3H3,(H,30,33)/b7-6+,9-8+,13-10+,17-11+,18-12+,21-14+,22-15+,24-16+,25-23+. The highest BCUT2D eigenvalue weighted by Gasteiger charge is 2.09. The average molecular weight is 450 g/mol. The molecule has 33 heavy (non-hydrogen) atoms. The molecule has 4 nitrogen and oxygen atoms in total. The van der Waals surface area contributed by atoms with Crippen molar-refractivity contribution in [3.05, 3.63) is 108 Å². The van der Waals surface area contributed by atoms with Crippen LogP contribution in [0.5, 0.6) is 0 Å². The molecule has 4 heteroatoms. The van der Waals surface area contributed by atoms with Gasteiger partial charge in [-0.3, -0.25) is 4.79 Å². The van der Waals surface area contributed by atoms with Gasteiger partial charge in [-0.25, -0.2) is 0 Å². The third-order valence-corrected chi connectivity index (χ3v) is 4.80. The van der Waals surface area contributed by atoms with Crippen molar-refractivity contribution in [3.8, 4) is 0 Å². The molecule has 1 amide bonds. The second-order valence-corrected chi connectivity index (χ2v) is 8.01. The molecule has 0 saturated heterocycles. The van der Waals surface area contributed by atoms with Gasteiger partial charge < -0.3 is 15.5 Å². The quantitative estimate of drug-likeness (QED) is 0.480. The Morgan fingerprint density at radius 2 is 1.64 bits per heavy atom. The Labute approximate surface area is 199 Å². The number of unbranched alkanes of at least 4 members (excludes halogenated alkanes) is 1. The molecule has 3 atom stereocenters. The lowest BCUT2D eigenvalue weighted by Gasteiger charge is -2.14. The molecule has 0 aromatic heterocycles. The smallest absolute Gasteiger partial charge is 0.244 e. The maximum atomic E-state index is 12.4. The third-order valence-electron chi connectivity index (χ3n) is 4.80. The Balaban J connectivity index is 2.99. The minimum Gasteiger partial charge on any atom is -0.386 e. The highest BCUT2D eigenvalue weighted by atomic mass is 16.3. The molecule has 0 radical (unpaired) electrons. The summed E-state index contributed by atoms with van der Waals surface area (Å²) in [4.78, 5) is 12.4. The van der Waals surface area contributed by atoms with Gasteiger partial charge in [-0.15, -0.1) is 0 Å². The molecular weight excluding hydrogens is 410 g/mol. The lowest BCUT2D eigenvalue weighted by atomic mass is 10.1. The van der Waals surface area contributed by atoms with E-state index in [4.69, 9.17) is 0 Å². The van der Waals surface area contributed by atoms with Crippen molar-refractivity contribution in [1.29, 1.82) is 0 Å².